The summed E-state index contributed by atoms with van der Waals surface area (Å²) in [6.07, 6.45) is 3.25. The highest BCUT2D eigenvalue weighted by Crippen LogP contribution is 2.06. The number of hydrogen-bond acceptors (Lipinski definition) is 4. The zero-order valence-electron chi connectivity index (χ0n) is 10.9. The molecule has 0 aliphatic carbocycles. The first-order chi connectivity index (χ1) is 8.71. The molecule has 0 saturated carbocycles. The number of nitrogens with zero attached hydrogens (tertiary/aromatic N) is 1. The second-order valence-electron chi connectivity index (χ2n) is 4.12. The molecule has 0 heterocycles. The first-order valence-corrected chi connectivity index (χ1v) is 7.39. The van der Waals surface area contributed by atoms with Crippen LogP contribution in [-0.2, 0) is 6.54 Å². The summed E-state index contributed by atoms with van der Waals surface area (Å²) in [4.78, 5) is 0. The van der Waals surface area contributed by atoms with E-state index in [1.54, 1.807) is 0 Å². The lowest BCUT2D eigenvalue weighted by Crippen LogP contribution is -2.30. The number of amidine groups is 1. The molecule has 1 aromatic carbocycles. The monoisotopic (exact) mass is 267 g/mol. The number of hydrogen-bond donors (Lipinski definition) is 3. The van der Waals surface area contributed by atoms with Crippen molar-refractivity contribution < 1.29 is 5.21 Å². The number of rotatable bonds is 7. The van der Waals surface area contributed by atoms with Gasteiger partial charge in [-0.3, -0.25) is 0 Å². The van der Waals surface area contributed by atoms with Gasteiger partial charge in [-0.25, -0.2) is 0 Å². The van der Waals surface area contributed by atoms with Crippen molar-refractivity contribution in [1.29, 1.82) is 0 Å². The standard InChI is InChI=1S/C13H21N3OS/c1-3-12(9-18-2)15-8-10-4-6-11(7-5-10)13(14)16-17/h4-7,12,15,17H,3,8-9H2,1-2H3,(H2,14,16). The normalized spacial score (nSPS) is 13.6. The number of oxime groups is 1. The SMILES string of the molecule is CCC(CSC)NCc1ccc(/C(N)=N/O)cc1. The fraction of sp³-hybridized carbons (Fsp3) is 0.462. The summed E-state index contributed by atoms with van der Waals surface area (Å²) in [7, 11) is 0. The van der Waals surface area contributed by atoms with Crippen molar-refractivity contribution >= 4 is 17.6 Å². The highest BCUT2D eigenvalue weighted by molar-refractivity contribution is 7.98. The van der Waals surface area contributed by atoms with Crippen LogP contribution in [0.4, 0.5) is 0 Å². The molecule has 18 heavy (non-hydrogen) atoms. The predicted octanol–water partition coefficient (Wildman–Crippen LogP) is 2.01. The summed E-state index contributed by atoms with van der Waals surface area (Å²) in [6.45, 7) is 3.03. The van der Waals surface area contributed by atoms with E-state index >= 15 is 0 Å². The van der Waals surface area contributed by atoms with Crippen LogP contribution in [0.5, 0.6) is 0 Å². The second kappa shape index (κ2) is 8.00. The lowest BCUT2D eigenvalue weighted by Gasteiger charge is -2.15. The largest absolute Gasteiger partial charge is 0.409 e. The van der Waals surface area contributed by atoms with E-state index in [-0.39, 0.29) is 5.84 Å². The molecule has 0 amide bonds. The molecule has 4 N–H and O–H groups in total. The zero-order chi connectivity index (χ0) is 13.4. The molecule has 100 valence electrons. The molecule has 0 fully saturated rings. The van der Waals surface area contributed by atoms with E-state index in [4.69, 9.17) is 10.9 Å². The highest BCUT2D eigenvalue weighted by Gasteiger charge is 2.04. The molecule has 0 aliphatic heterocycles. The third-order valence-electron chi connectivity index (χ3n) is 2.81. The summed E-state index contributed by atoms with van der Waals surface area (Å²) in [6, 6.07) is 8.26. The Balaban J connectivity index is 2.53. The van der Waals surface area contributed by atoms with Crippen molar-refractivity contribution in [3.05, 3.63) is 35.4 Å². The van der Waals surface area contributed by atoms with Gasteiger partial charge in [0.25, 0.3) is 0 Å². The Labute approximate surface area is 113 Å². The minimum absolute atomic E-state index is 0.142. The van der Waals surface area contributed by atoms with Gasteiger partial charge in [-0.2, -0.15) is 11.8 Å². The van der Waals surface area contributed by atoms with Crippen LogP contribution in [0.1, 0.15) is 24.5 Å². The lowest BCUT2D eigenvalue weighted by atomic mass is 10.1. The first-order valence-electron chi connectivity index (χ1n) is 6.00. The van der Waals surface area contributed by atoms with Crippen molar-refractivity contribution in [3.63, 3.8) is 0 Å². The molecular weight excluding hydrogens is 246 g/mol. The van der Waals surface area contributed by atoms with E-state index in [9.17, 15) is 0 Å². The predicted molar refractivity (Wildman–Crippen MR) is 78.3 cm³/mol. The fourth-order valence-corrected chi connectivity index (χ4v) is 2.39. The quantitative estimate of drug-likeness (QED) is 0.306. The van der Waals surface area contributed by atoms with Crippen LogP contribution >= 0.6 is 11.8 Å². The molecule has 1 rings (SSSR count). The van der Waals surface area contributed by atoms with E-state index in [0.717, 1.165) is 24.3 Å². The molecule has 0 aromatic heterocycles. The van der Waals surface area contributed by atoms with Gasteiger partial charge in [0.1, 0.15) is 0 Å². The molecule has 0 aliphatic rings. The van der Waals surface area contributed by atoms with Gasteiger partial charge in [-0.05, 0) is 18.2 Å². The van der Waals surface area contributed by atoms with Crippen LogP contribution in [0.25, 0.3) is 0 Å². The Morgan fingerprint density at radius 3 is 2.61 bits per heavy atom. The smallest absolute Gasteiger partial charge is 0.170 e. The van der Waals surface area contributed by atoms with E-state index in [1.165, 1.54) is 5.56 Å². The van der Waals surface area contributed by atoms with Crippen LogP contribution in [0.3, 0.4) is 0 Å². The average molecular weight is 267 g/mol. The van der Waals surface area contributed by atoms with Gasteiger partial charge in [0.15, 0.2) is 5.84 Å². The van der Waals surface area contributed by atoms with Gasteiger partial charge < -0.3 is 16.3 Å². The van der Waals surface area contributed by atoms with Crippen molar-refractivity contribution in [2.24, 2.45) is 10.9 Å². The first kappa shape index (κ1) is 14.9. The summed E-state index contributed by atoms with van der Waals surface area (Å²) < 4.78 is 0. The maximum Gasteiger partial charge on any atom is 0.170 e. The Morgan fingerprint density at radius 2 is 2.11 bits per heavy atom. The molecule has 4 nitrogen and oxygen atoms in total. The van der Waals surface area contributed by atoms with Gasteiger partial charge in [0, 0.05) is 23.9 Å². The van der Waals surface area contributed by atoms with Gasteiger partial charge in [-0.15, -0.1) is 0 Å². The number of benzene rings is 1. The van der Waals surface area contributed by atoms with E-state index in [0.29, 0.717) is 6.04 Å². The summed E-state index contributed by atoms with van der Waals surface area (Å²) in [5.41, 5.74) is 7.44. The van der Waals surface area contributed by atoms with Crippen LogP contribution in [-0.4, -0.2) is 29.1 Å². The molecule has 0 bridgehead atoms. The highest BCUT2D eigenvalue weighted by atomic mass is 32.2. The third-order valence-corrected chi connectivity index (χ3v) is 3.55. The van der Waals surface area contributed by atoms with Crippen molar-refractivity contribution in [2.75, 3.05) is 12.0 Å². The summed E-state index contributed by atoms with van der Waals surface area (Å²) >= 11 is 1.86. The van der Waals surface area contributed by atoms with E-state index in [2.05, 4.69) is 23.7 Å². The Kier molecular flexibility index (Phi) is 6.60. The second-order valence-corrected chi connectivity index (χ2v) is 5.03. The maximum absolute atomic E-state index is 8.57. The fourth-order valence-electron chi connectivity index (χ4n) is 1.64. The molecule has 0 spiro atoms. The van der Waals surface area contributed by atoms with Crippen LogP contribution in [0.2, 0.25) is 0 Å². The molecule has 5 heteroatoms. The topological polar surface area (TPSA) is 70.6 Å². The van der Waals surface area contributed by atoms with Crippen molar-refractivity contribution in [3.8, 4) is 0 Å². The van der Waals surface area contributed by atoms with E-state index < -0.39 is 0 Å². The third kappa shape index (κ3) is 4.58. The molecular formula is C13H21N3OS. The maximum atomic E-state index is 8.57. The number of nitrogens with two attached hydrogens (primary N) is 1. The van der Waals surface area contributed by atoms with Gasteiger partial charge in [0.05, 0.1) is 0 Å². The number of nitrogens with one attached hydrogen (secondary N) is 1. The zero-order valence-corrected chi connectivity index (χ0v) is 11.7. The van der Waals surface area contributed by atoms with Crippen molar-refractivity contribution in [1.82, 2.24) is 5.32 Å². The molecule has 1 unspecified atom stereocenters. The van der Waals surface area contributed by atoms with Crippen LogP contribution in [0, 0.1) is 0 Å². The van der Waals surface area contributed by atoms with E-state index in [1.807, 2.05) is 36.0 Å². The summed E-state index contributed by atoms with van der Waals surface area (Å²) in [5.74, 6) is 1.27. The Bertz CT molecular complexity index is 378. The lowest BCUT2D eigenvalue weighted by molar-refractivity contribution is 0.318. The van der Waals surface area contributed by atoms with Gasteiger partial charge in [-0.1, -0.05) is 36.3 Å². The van der Waals surface area contributed by atoms with Gasteiger partial charge in [0.2, 0.25) is 0 Å². The summed E-state index contributed by atoms with van der Waals surface area (Å²) in [5, 5.41) is 15.1. The molecule has 0 saturated heterocycles. The minimum Gasteiger partial charge on any atom is -0.409 e. The average Bonchev–Trinajstić information content (AvgIpc) is 2.43. The van der Waals surface area contributed by atoms with Crippen LogP contribution < -0.4 is 11.1 Å². The molecule has 1 atom stereocenters. The van der Waals surface area contributed by atoms with Crippen LogP contribution in [0.15, 0.2) is 29.4 Å². The van der Waals surface area contributed by atoms with Crippen molar-refractivity contribution in [2.45, 2.75) is 25.9 Å². The van der Waals surface area contributed by atoms with Gasteiger partial charge >= 0.3 is 0 Å². The number of thioether (sulfide) groups is 1. The molecule has 1 aromatic rings. The Hall–Kier alpha value is -1.20. The minimum atomic E-state index is 0.142. The Morgan fingerprint density at radius 1 is 1.44 bits per heavy atom. The molecule has 0 radical (unpaired) electrons.